The van der Waals surface area contributed by atoms with Crippen molar-refractivity contribution in [2.24, 2.45) is 0 Å². The maximum absolute atomic E-state index is 13.5. The molecule has 1 saturated heterocycles. The minimum absolute atomic E-state index is 0. The highest BCUT2D eigenvalue weighted by molar-refractivity contribution is 7.22. The summed E-state index contributed by atoms with van der Waals surface area (Å²) >= 11 is 2.92. The Morgan fingerprint density at radius 3 is 2.90 bits per heavy atom. The molecule has 1 amide bonds. The van der Waals surface area contributed by atoms with E-state index >= 15 is 0 Å². The molecule has 0 saturated carbocycles. The van der Waals surface area contributed by atoms with Crippen LogP contribution in [0, 0.1) is 5.82 Å². The Morgan fingerprint density at radius 2 is 2.14 bits per heavy atom. The summed E-state index contributed by atoms with van der Waals surface area (Å²) in [5.41, 5.74) is 0.702. The Balaban J connectivity index is 0.00000240. The second-order valence-electron chi connectivity index (χ2n) is 6.40. The summed E-state index contributed by atoms with van der Waals surface area (Å²) in [6.45, 7) is 4.41. The lowest BCUT2D eigenvalue weighted by molar-refractivity contribution is -0.114. The Hall–Kier alpha value is -1.84. The summed E-state index contributed by atoms with van der Waals surface area (Å²) in [7, 11) is 0. The normalized spacial score (nSPS) is 14.9. The summed E-state index contributed by atoms with van der Waals surface area (Å²) in [6, 6.07) is 8.42. The lowest BCUT2D eigenvalue weighted by Gasteiger charge is -2.28. The molecular formula is C20H21ClFN3O2S2. The minimum Gasteiger partial charge on any atom is -0.379 e. The van der Waals surface area contributed by atoms with E-state index in [-0.39, 0.29) is 24.1 Å². The standard InChI is InChI=1S/C20H20FN3O2S2.ClH/c21-15-3-5-17-18(14-15)28-20(22-17)24(8-7-23-9-11-26-12-10-23)19(25)6-4-16-2-1-13-27-16;/h1-6,13-14H,7-12H2;1H/b6-4+;. The van der Waals surface area contributed by atoms with Crippen LogP contribution in [0.25, 0.3) is 16.3 Å². The van der Waals surface area contributed by atoms with Gasteiger partial charge in [-0.2, -0.15) is 0 Å². The van der Waals surface area contributed by atoms with Gasteiger partial charge in [-0.05, 0) is 35.7 Å². The summed E-state index contributed by atoms with van der Waals surface area (Å²) in [5, 5.41) is 2.57. The Kier molecular flexibility index (Phi) is 7.74. The van der Waals surface area contributed by atoms with Crippen LogP contribution >= 0.6 is 35.1 Å². The number of rotatable bonds is 6. The SMILES string of the molecule is Cl.O=C(/C=C/c1cccs1)N(CCN1CCOCC1)c1nc2ccc(F)cc2s1. The number of carbonyl (C=O) groups excluding carboxylic acids is 1. The highest BCUT2D eigenvalue weighted by atomic mass is 35.5. The molecule has 9 heteroatoms. The first kappa shape index (κ1) is 21.9. The molecule has 1 fully saturated rings. The van der Waals surface area contributed by atoms with Crippen LogP contribution in [-0.2, 0) is 9.53 Å². The maximum Gasteiger partial charge on any atom is 0.252 e. The summed E-state index contributed by atoms with van der Waals surface area (Å²) in [4.78, 5) is 22.5. The monoisotopic (exact) mass is 453 g/mol. The summed E-state index contributed by atoms with van der Waals surface area (Å²) in [6.07, 6.45) is 3.40. The molecule has 4 rings (SSSR count). The van der Waals surface area contributed by atoms with Crippen molar-refractivity contribution >= 4 is 62.4 Å². The average Bonchev–Trinajstić information content (AvgIpc) is 3.36. The number of aromatic nitrogens is 1. The molecule has 0 aliphatic carbocycles. The maximum atomic E-state index is 13.5. The van der Waals surface area contributed by atoms with Crippen LogP contribution in [0.2, 0.25) is 0 Å². The smallest absolute Gasteiger partial charge is 0.252 e. The van der Waals surface area contributed by atoms with Gasteiger partial charge in [0.1, 0.15) is 5.82 Å². The number of morpholine rings is 1. The first-order valence-corrected chi connectivity index (χ1v) is 10.8. The summed E-state index contributed by atoms with van der Waals surface area (Å²) in [5.74, 6) is -0.423. The van der Waals surface area contributed by atoms with Gasteiger partial charge in [-0.1, -0.05) is 17.4 Å². The van der Waals surface area contributed by atoms with Crippen molar-refractivity contribution in [2.45, 2.75) is 0 Å². The van der Waals surface area contributed by atoms with E-state index in [1.807, 2.05) is 23.6 Å². The van der Waals surface area contributed by atoms with Gasteiger partial charge in [-0.25, -0.2) is 9.37 Å². The van der Waals surface area contributed by atoms with Crippen molar-refractivity contribution in [1.82, 2.24) is 9.88 Å². The number of ether oxygens (including phenoxy) is 1. The third-order valence-electron chi connectivity index (χ3n) is 4.51. The zero-order valence-corrected chi connectivity index (χ0v) is 18.1. The molecule has 0 atom stereocenters. The van der Waals surface area contributed by atoms with E-state index in [1.54, 1.807) is 28.4 Å². The van der Waals surface area contributed by atoms with Crippen molar-refractivity contribution in [3.63, 3.8) is 0 Å². The van der Waals surface area contributed by atoms with Crippen molar-refractivity contribution < 1.29 is 13.9 Å². The molecule has 5 nitrogen and oxygen atoms in total. The van der Waals surface area contributed by atoms with E-state index in [0.29, 0.717) is 30.4 Å². The fourth-order valence-corrected chi connectivity index (χ4v) is 4.64. The van der Waals surface area contributed by atoms with Gasteiger partial charge in [-0.15, -0.1) is 23.7 Å². The highest BCUT2D eigenvalue weighted by Gasteiger charge is 2.20. The van der Waals surface area contributed by atoms with E-state index in [0.717, 1.165) is 29.2 Å². The van der Waals surface area contributed by atoms with Gasteiger partial charge in [-0.3, -0.25) is 14.6 Å². The second-order valence-corrected chi connectivity index (χ2v) is 8.39. The number of thiazole rings is 1. The van der Waals surface area contributed by atoms with E-state index in [4.69, 9.17) is 4.74 Å². The first-order chi connectivity index (χ1) is 13.7. The Labute approximate surface area is 182 Å². The molecule has 0 radical (unpaired) electrons. The zero-order chi connectivity index (χ0) is 19.3. The number of hydrogen-bond donors (Lipinski definition) is 0. The topological polar surface area (TPSA) is 45.7 Å². The molecular weight excluding hydrogens is 433 g/mol. The van der Waals surface area contributed by atoms with Crippen molar-refractivity contribution in [3.8, 4) is 0 Å². The molecule has 0 N–H and O–H groups in total. The predicted molar refractivity (Wildman–Crippen MR) is 120 cm³/mol. The first-order valence-electron chi connectivity index (χ1n) is 9.08. The summed E-state index contributed by atoms with van der Waals surface area (Å²) < 4.78 is 19.7. The molecule has 1 aliphatic rings. The van der Waals surface area contributed by atoms with E-state index in [1.165, 1.54) is 23.5 Å². The average molecular weight is 454 g/mol. The number of carbonyl (C=O) groups is 1. The van der Waals surface area contributed by atoms with Crippen LogP contribution in [0.15, 0.2) is 41.8 Å². The van der Waals surface area contributed by atoms with Gasteiger partial charge in [0, 0.05) is 37.1 Å². The van der Waals surface area contributed by atoms with E-state index < -0.39 is 0 Å². The number of amides is 1. The second kappa shape index (κ2) is 10.3. The Bertz CT molecular complexity index is 971. The molecule has 0 bridgehead atoms. The van der Waals surface area contributed by atoms with Crippen molar-refractivity contribution in [2.75, 3.05) is 44.3 Å². The third-order valence-corrected chi connectivity index (χ3v) is 6.39. The number of benzene rings is 1. The quantitative estimate of drug-likeness (QED) is 0.522. The van der Waals surface area contributed by atoms with Gasteiger partial charge in [0.25, 0.3) is 5.91 Å². The van der Waals surface area contributed by atoms with Crippen molar-refractivity contribution in [3.05, 3.63) is 52.5 Å². The molecule has 1 aliphatic heterocycles. The molecule has 154 valence electrons. The lowest BCUT2D eigenvalue weighted by Crippen LogP contribution is -2.42. The van der Waals surface area contributed by atoms with Gasteiger partial charge >= 0.3 is 0 Å². The predicted octanol–water partition coefficient (Wildman–Crippen LogP) is 4.30. The van der Waals surface area contributed by atoms with E-state index in [2.05, 4.69) is 9.88 Å². The molecule has 3 heterocycles. The van der Waals surface area contributed by atoms with E-state index in [9.17, 15) is 9.18 Å². The Morgan fingerprint density at radius 1 is 1.31 bits per heavy atom. The molecule has 3 aromatic rings. The van der Waals surface area contributed by atoms with Crippen LogP contribution in [0.5, 0.6) is 0 Å². The van der Waals surface area contributed by atoms with Gasteiger partial charge in [0.15, 0.2) is 5.13 Å². The minimum atomic E-state index is -0.300. The fraction of sp³-hybridized carbons (Fsp3) is 0.300. The van der Waals surface area contributed by atoms with Crippen LogP contribution in [0.3, 0.4) is 0 Å². The third kappa shape index (κ3) is 5.61. The molecule has 2 aromatic heterocycles. The number of anilines is 1. The number of nitrogens with zero attached hydrogens (tertiary/aromatic N) is 3. The van der Waals surface area contributed by atoms with Gasteiger partial charge in [0.2, 0.25) is 0 Å². The largest absolute Gasteiger partial charge is 0.379 e. The van der Waals surface area contributed by atoms with Crippen LogP contribution in [0.4, 0.5) is 9.52 Å². The lowest BCUT2D eigenvalue weighted by atomic mass is 10.3. The number of thiophene rings is 1. The van der Waals surface area contributed by atoms with Crippen LogP contribution in [0.1, 0.15) is 4.88 Å². The van der Waals surface area contributed by atoms with Crippen LogP contribution in [-0.4, -0.2) is 55.2 Å². The van der Waals surface area contributed by atoms with Gasteiger partial charge < -0.3 is 4.74 Å². The van der Waals surface area contributed by atoms with Crippen molar-refractivity contribution in [1.29, 1.82) is 0 Å². The number of halogens is 2. The number of hydrogen-bond acceptors (Lipinski definition) is 6. The van der Waals surface area contributed by atoms with Gasteiger partial charge in [0.05, 0.1) is 23.4 Å². The van der Waals surface area contributed by atoms with Crippen LogP contribution < -0.4 is 4.90 Å². The zero-order valence-electron chi connectivity index (χ0n) is 15.6. The molecule has 0 spiro atoms. The molecule has 0 unspecified atom stereocenters. The molecule has 1 aromatic carbocycles. The fourth-order valence-electron chi connectivity index (χ4n) is 3.00. The number of fused-ring (bicyclic) bond motifs is 1. The molecule has 29 heavy (non-hydrogen) atoms. The highest BCUT2D eigenvalue weighted by Crippen LogP contribution is 2.29.